The first-order valence-electron chi connectivity index (χ1n) is 10.8. The highest BCUT2D eigenvalue weighted by atomic mass is 16.1. The number of carbonyl (C=O) groups is 1. The fourth-order valence-electron chi connectivity index (χ4n) is 4.40. The third kappa shape index (κ3) is 6.01. The molecule has 0 aliphatic carbocycles. The van der Waals surface area contributed by atoms with Gasteiger partial charge in [0.15, 0.2) is 0 Å². The summed E-state index contributed by atoms with van der Waals surface area (Å²) in [7, 11) is 0. The minimum absolute atomic E-state index is 0.170. The van der Waals surface area contributed by atoms with E-state index in [0.29, 0.717) is 6.54 Å². The number of pyridine rings is 1. The van der Waals surface area contributed by atoms with Crippen LogP contribution in [0.5, 0.6) is 0 Å². The largest absolute Gasteiger partial charge is 0.352 e. The number of nitrogens with one attached hydrogen (secondary N) is 1. The van der Waals surface area contributed by atoms with Crippen LogP contribution in [-0.4, -0.2) is 59.5 Å². The highest BCUT2D eigenvalue weighted by Gasteiger charge is 2.30. The smallest absolute Gasteiger partial charge is 0.223 e. The van der Waals surface area contributed by atoms with E-state index in [4.69, 9.17) is 0 Å². The summed E-state index contributed by atoms with van der Waals surface area (Å²) >= 11 is 0. The SMILES string of the molecule is CCC(C)CN1CCC(N2CCC(C(=O)NCc3cccnc3)CC2)CC1. The van der Waals surface area contributed by atoms with Crippen molar-refractivity contribution in [2.24, 2.45) is 11.8 Å². The molecular formula is C22H36N4O. The maximum absolute atomic E-state index is 12.5. The van der Waals surface area contributed by atoms with Crippen molar-refractivity contribution in [3.8, 4) is 0 Å². The number of aromatic nitrogens is 1. The van der Waals surface area contributed by atoms with E-state index < -0.39 is 0 Å². The molecule has 1 atom stereocenters. The summed E-state index contributed by atoms with van der Waals surface area (Å²) < 4.78 is 0. The van der Waals surface area contributed by atoms with Gasteiger partial charge in [-0.3, -0.25) is 9.78 Å². The molecule has 2 aliphatic rings. The van der Waals surface area contributed by atoms with Crippen LogP contribution in [0.3, 0.4) is 0 Å². The summed E-state index contributed by atoms with van der Waals surface area (Å²) in [5, 5.41) is 3.09. The number of nitrogens with zero attached hydrogens (tertiary/aromatic N) is 3. The molecule has 2 aliphatic heterocycles. The molecule has 2 fully saturated rings. The number of carbonyl (C=O) groups excluding carboxylic acids is 1. The van der Waals surface area contributed by atoms with Gasteiger partial charge in [-0.15, -0.1) is 0 Å². The summed E-state index contributed by atoms with van der Waals surface area (Å²) in [6.07, 6.45) is 9.41. The molecule has 0 spiro atoms. The summed E-state index contributed by atoms with van der Waals surface area (Å²) in [4.78, 5) is 21.9. The van der Waals surface area contributed by atoms with Crippen LogP contribution in [0.4, 0.5) is 0 Å². The van der Waals surface area contributed by atoms with Gasteiger partial charge in [0.05, 0.1) is 0 Å². The van der Waals surface area contributed by atoms with Crippen LogP contribution in [0.1, 0.15) is 51.5 Å². The average Bonchev–Trinajstić information content (AvgIpc) is 2.73. The second-order valence-corrected chi connectivity index (χ2v) is 8.43. The Hall–Kier alpha value is -1.46. The van der Waals surface area contributed by atoms with Crippen molar-refractivity contribution in [1.82, 2.24) is 20.1 Å². The van der Waals surface area contributed by atoms with Crippen LogP contribution in [0.25, 0.3) is 0 Å². The Morgan fingerprint density at radius 1 is 1.22 bits per heavy atom. The molecule has 0 bridgehead atoms. The van der Waals surface area contributed by atoms with Crippen LogP contribution in [0.2, 0.25) is 0 Å². The third-order valence-electron chi connectivity index (χ3n) is 6.43. The monoisotopic (exact) mass is 372 g/mol. The van der Waals surface area contributed by atoms with Gasteiger partial charge in [-0.05, 0) is 69.4 Å². The topological polar surface area (TPSA) is 48.5 Å². The Kier molecular flexibility index (Phi) is 7.65. The van der Waals surface area contributed by atoms with Crippen molar-refractivity contribution in [1.29, 1.82) is 0 Å². The van der Waals surface area contributed by atoms with E-state index >= 15 is 0 Å². The zero-order chi connectivity index (χ0) is 19.1. The van der Waals surface area contributed by atoms with Gasteiger partial charge in [-0.2, -0.15) is 0 Å². The van der Waals surface area contributed by atoms with Gasteiger partial charge in [0, 0.05) is 37.4 Å². The molecule has 5 heteroatoms. The van der Waals surface area contributed by atoms with Crippen molar-refractivity contribution in [3.05, 3.63) is 30.1 Å². The first-order valence-corrected chi connectivity index (χ1v) is 10.8. The van der Waals surface area contributed by atoms with Gasteiger partial charge in [0.1, 0.15) is 0 Å². The molecule has 3 rings (SSSR count). The molecule has 1 N–H and O–H groups in total. The lowest BCUT2D eigenvalue weighted by molar-refractivity contribution is -0.126. The number of likely N-dealkylation sites (tertiary alicyclic amines) is 2. The summed E-state index contributed by atoms with van der Waals surface area (Å²) in [6, 6.07) is 4.63. The number of hydrogen-bond acceptors (Lipinski definition) is 4. The van der Waals surface area contributed by atoms with Crippen molar-refractivity contribution >= 4 is 5.91 Å². The van der Waals surface area contributed by atoms with Crippen molar-refractivity contribution in [3.63, 3.8) is 0 Å². The van der Waals surface area contributed by atoms with Gasteiger partial charge in [0.25, 0.3) is 0 Å². The molecular weight excluding hydrogens is 336 g/mol. The van der Waals surface area contributed by atoms with E-state index in [1.165, 1.54) is 38.9 Å². The molecule has 3 heterocycles. The highest BCUT2D eigenvalue weighted by Crippen LogP contribution is 2.24. The molecule has 2 saturated heterocycles. The van der Waals surface area contributed by atoms with E-state index in [9.17, 15) is 4.79 Å². The van der Waals surface area contributed by atoms with Crippen LogP contribution >= 0.6 is 0 Å². The molecule has 0 saturated carbocycles. The minimum Gasteiger partial charge on any atom is -0.352 e. The molecule has 0 aromatic carbocycles. The predicted octanol–water partition coefficient (Wildman–Crippen LogP) is 2.92. The lowest BCUT2D eigenvalue weighted by Crippen LogP contribution is -2.49. The molecule has 27 heavy (non-hydrogen) atoms. The van der Waals surface area contributed by atoms with Gasteiger partial charge in [-0.25, -0.2) is 0 Å². The predicted molar refractivity (Wildman–Crippen MR) is 109 cm³/mol. The number of hydrogen-bond donors (Lipinski definition) is 1. The second kappa shape index (κ2) is 10.2. The standard InChI is InChI=1S/C22H36N4O/c1-3-18(2)17-25-11-8-21(9-12-25)26-13-6-20(7-14-26)22(27)24-16-19-5-4-10-23-15-19/h4-5,10,15,18,20-21H,3,6-9,11-14,16-17H2,1-2H3,(H,24,27). The molecule has 1 unspecified atom stereocenters. The summed E-state index contributed by atoms with van der Waals surface area (Å²) in [5.41, 5.74) is 1.06. The molecule has 0 radical (unpaired) electrons. The summed E-state index contributed by atoms with van der Waals surface area (Å²) in [6.45, 7) is 11.1. The average molecular weight is 373 g/mol. The zero-order valence-electron chi connectivity index (χ0n) is 17.1. The Morgan fingerprint density at radius 3 is 2.59 bits per heavy atom. The second-order valence-electron chi connectivity index (χ2n) is 8.43. The van der Waals surface area contributed by atoms with E-state index in [-0.39, 0.29) is 11.8 Å². The molecule has 1 amide bonds. The maximum Gasteiger partial charge on any atom is 0.223 e. The number of amides is 1. The number of rotatable bonds is 7. The van der Waals surface area contributed by atoms with E-state index in [1.807, 2.05) is 18.3 Å². The Bertz CT molecular complexity index is 563. The van der Waals surface area contributed by atoms with Crippen molar-refractivity contribution in [2.45, 2.75) is 58.5 Å². The summed E-state index contributed by atoms with van der Waals surface area (Å²) in [5.74, 6) is 1.19. The van der Waals surface area contributed by atoms with Crippen LogP contribution in [0, 0.1) is 11.8 Å². The Morgan fingerprint density at radius 2 is 1.96 bits per heavy atom. The van der Waals surface area contributed by atoms with Gasteiger partial charge in [0.2, 0.25) is 5.91 Å². The molecule has 1 aromatic rings. The maximum atomic E-state index is 12.5. The van der Waals surface area contributed by atoms with Gasteiger partial charge >= 0.3 is 0 Å². The Balaban J connectivity index is 1.36. The fourth-order valence-corrected chi connectivity index (χ4v) is 4.40. The normalized spacial score (nSPS) is 21.9. The van der Waals surface area contributed by atoms with Crippen LogP contribution < -0.4 is 5.32 Å². The van der Waals surface area contributed by atoms with Crippen LogP contribution in [-0.2, 0) is 11.3 Å². The highest BCUT2D eigenvalue weighted by molar-refractivity contribution is 5.78. The zero-order valence-corrected chi connectivity index (χ0v) is 17.1. The van der Waals surface area contributed by atoms with E-state index in [0.717, 1.165) is 43.5 Å². The fraction of sp³-hybridized carbons (Fsp3) is 0.727. The first kappa shape index (κ1) is 20.3. The first-order chi connectivity index (χ1) is 13.2. The third-order valence-corrected chi connectivity index (χ3v) is 6.43. The number of piperidine rings is 2. The van der Waals surface area contributed by atoms with Crippen LogP contribution in [0.15, 0.2) is 24.5 Å². The quantitative estimate of drug-likeness (QED) is 0.799. The van der Waals surface area contributed by atoms with E-state index in [2.05, 4.69) is 33.9 Å². The van der Waals surface area contributed by atoms with E-state index in [1.54, 1.807) is 6.20 Å². The Labute approximate surface area is 164 Å². The lowest BCUT2D eigenvalue weighted by atomic mass is 9.92. The van der Waals surface area contributed by atoms with Crippen molar-refractivity contribution in [2.75, 3.05) is 32.7 Å². The minimum atomic E-state index is 0.170. The van der Waals surface area contributed by atoms with Gasteiger partial charge in [-0.1, -0.05) is 26.3 Å². The van der Waals surface area contributed by atoms with Crippen molar-refractivity contribution < 1.29 is 4.79 Å². The molecule has 1 aromatic heterocycles. The lowest BCUT2D eigenvalue weighted by Gasteiger charge is -2.42. The van der Waals surface area contributed by atoms with Gasteiger partial charge < -0.3 is 15.1 Å². The molecule has 5 nitrogen and oxygen atoms in total. The molecule has 150 valence electrons.